The zero-order valence-corrected chi connectivity index (χ0v) is 16.6. The number of hydrogen-bond acceptors (Lipinski definition) is 4. The molecule has 0 saturated heterocycles. The first-order valence-corrected chi connectivity index (χ1v) is 9.06. The van der Waals surface area contributed by atoms with E-state index in [1.165, 1.54) is 5.56 Å². The summed E-state index contributed by atoms with van der Waals surface area (Å²) in [6.07, 6.45) is 0. The Bertz CT molecular complexity index is 844. The van der Waals surface area contributed by atoms with E-state index in [4.69, 9.17) is 14.7 Å². The summed E-state index contributed by atoms with van der Waals surface area (Å²) in [5.74, 6) is 0.608. The second-order valence-electron chi connectivity index (χ2n) is 5.83. The van der Waals surface area contributed by atoms with Crippen LogP contribution < -0.4 is 14.8 Å². The van der Waals surface area contributed by atoms with Gasteiger partial charge in [0.15, 0.2) is 18.1 Å². The predicted molar refractivity (Wildman–Crippen MR) is 103 cm³/mol. The Labute approximate surface area is 162 Å². The van der Waals surface area contributed by atoms with Crippen molar-refractivity contribution in [2.75, 3.05) is 13.2 Å². The normalized spacial score (nSPS) is 10.1. The quantitative estimate of drug-likeness (QED) is 0.739. The molecular formula is C20H21BrN2O3. The Morgan fingerprint density at radius 3 is 2.65 bits per heavy atom. The van der Waals surface area contributed by atoms with Crippen LogP contribution in [-0.2, 0) is 11.3 Å². The van der Waals surface area contributed by atoms with Crippen LogP contribution in [0.3, 0.4) is 0 Å². The SMILES string of the molecule is CCOc1cc(C#N)cc(Br)c1OCC(=O)NCc1ccc(C)cc1C. The molecule has 0 bridgehead atoms. The highest BCUT2D eigenvalue weighted by molar-refractivity contribution is 9.10. The summed E-state index contributed by atoms with van der Waals surface area (Å²) in [5.41, 5.74) is 3.85. The van der Waals surface area contributed by atoms with Gasteiger partial charge in [0.2, 0.25) is 0 Å². The van der Waals surface area contributed by atoms with Gasteiger partial charge in [-0.2, -0.15) is 5.26 Å². The second-order valence-corrected chi connectivity index (χ2v) is 6.68. The Balaban J connectivity index is 1.99. The highest BCUT2D eigenvalue weighted by atomic mass is 79.9. The number of carbonyl (C=O) groups is 1. The van der Waals surface area contributed by atoms with Crippen molar-refractivity contribution in [2.24, 2.45) is 0 Å². The van der Waals surface area contributed by atoms with Crippen molar-refractivity contribution in [2.45, 2.75) is 27.3 Å². The second kappa shape index (κ2) is 9.25. The number of amides is 1. The lowest BCUT2D eigenvalue weighted by Gasteiger charge is -2.14. The molecule has 0 spiro atoms. The Kier molecular flexibility index (Phi) is 7.05. The van der Waals surface area contributed by atoms with Gasteiger partial charge in [-0.15, -0.1) is 0 Å². The van der Waals surface area contributed by atoms with Gasteiger partial charge in [0, 0.05) is 12.6 Å². The number of rotatable bonds is 7. The number of carbonyl (C=O) groups excluding carboxylic acids is 1. The number of nitrogens with one attached hydrogen (secondary N) is 1. The molecule has 2 aromatic rings. The van der Waals surface area contributed by atoms with E-state index in [1.807, 2.05) is 32.9 Å². The minimum absolute atomic E-state index is 0.143. The molecular weight excluding hydrogens is 396 g/mol. The molecule has 0 aliphatic heterocycles. The molecule has 0 fully saturated rings. The molecule has 0 unspecified atom stereocenters. The maximum atomic E-state index is 12.1. The standard InChI is InChI=1S/C20H21BrN2O3/c1-4-25-18-9-15(10-22)8-17(21)20(18)26-12-19(24)23-11-16-6-5-13(2)7-14(16)3/h5-9H,4,11-12H2,1-3H3,(H,23,24). The number of ether oxygens (including phenoxy) is 2. The molecule has 0 radical (unpaired) electrons. The average Bonchev–Trinajstić information content (AvgIpc) is 2.60. The number of nitrogens with zero attached hydrogens (tertiary/aromatic N) is 1. The summed E-state index contributed by atoms with van der Waals surface area (Å²) in [6.45, 7) is 6.63. The van der Waals surface area contributed by atoms with E-state index >= 15 is 0 Å². The zero-order chi connectivity index (χ0) is 19.1. The van der Waals surface area contributed by atoms with Crippen LogP contribution in [-0.4, -0.2) is 19.1 Å². The molecule has 0 aromatic heterocycles. The minimum atomic E-state index is -0.233. The van der Waals surface area contributed by atoms with Crippen molar-refractivity contribution in [3.05, 3.63) is 57.1 Å². The highest BCUT2D eigenvalue weighted by Gasteiger charge is 2.14. The van der Waals surface area contributed by atoms with Gasteiger partial charge in [-0.05, 0) is 53.9 Å². The molecule has 5 nitrogen and oxygen atoms in total. The van der Waals surface area contributed by atoms with E-state index in [1.54, 1.807) is 12.1 Å². The first-order chi connectivity index (χ1) is 12.4. The van der Waals surface area contributed by atoms with E-state index in [9.17, 15) is 4.79 Å². The molecule has 1 N–H and O–H groups in total. The van der Waals surface area contributed by atoms with Crippen molar-refractivity contribution in [1.82, 2.24) is 5.32 Å². The number of aryl methyl sites for hydroxylation is 2. The van der Waals surface area contributed by atoms with Crippen LogP contribution in [0.2, 0.25) is 0 Å². The van der Waals surface area contributed by atoms with E-state index in [0.29, 0.717) is 34.7 Å². The molecule has 0 heterocycles. The number of halogens is 1. The Morgan fingerprint density at radius 1 is 1.23 bits per heavy atom. The molecule has 26 heavy (non-hydrogen) atoms. The van der Waals surface area contributed by atoms with Crippen molar-refractivity contribution in [3.8, 4) is 17.6 Å². The van der Waals surface area contributed by atoms with Gasteiger partial charge in [0.05, 0.1) is 22.7 Å². The van der Waals surface area contributed by atoms with E-state index in [2.05, 4.69) is 33.4 Å². The van der Waals surface area contributed by atoms with Crippen molar-refractivity contribution in [3.63, 3.8) is 0 Å². The fourth-order valence-corrected chi connectivity index (χ4v) is 3.02. The number of nitriles is 1. The van der Waals surface area contributed by atoms with Crippen LogP contribution in [0.4, 0.5) is 0 Å². The largest absolute Gasteiger partial charge is 0.490 e. The molecule has 136 valence electrons. The van der Waals surface area contributed by atoms with Crippen molar-refractivity contribution < 1.29 is 14.3 Å². The molecule has 0 atom stereocenters. The maximum absolute atomic E-state index is 12.1. The summed E-state index contributed by atoms with van der Waals surface area (Å²) in [4.78, 5) is 12.1. The van der Waals surface area contributed by atoms with Crippen LogP contribution in [0.25, 0.3) is 0 Å². The topological polar surface area (TPSA) is 71.3 Å². The van der Waals surface area contributed by atoms with Gasteiger partial charge in [0.25, 0.3) is 5.91 Å². The maximum Gasteiger partial charge on any atom is 0.258 e. The van der Waals surface area contributed by atoms with Gasteiger partial charge in [-0.3, -0.25) is 4.79 Å². The van der Waals surface area contributed by atoms with Gasteiger partial charge >= 0.3 is 0 Å². The lowest BCUT2D eigenvalue weighted by atomic mass is 10.1. The third kappa shape index (κ3) is 5.24. The van der Waals surface area contributed by atoms with Gasteiger partial charge < -0.3 is 14.8 Å². The van der Waals surface area contributed by atoms with Crippen LogP contribution in [0.5, 0.6) is 11.5 Å². The predicted octanol–water partition coefficient (Wildman–Crippen LogP) is 4.03. The first-order valence-electron chi connectivity index (χ1n) is 8.26. The highest BCUT2D eigenvalue weighted by Crippen LogP contribution is 2.36. The van der Waals surface area contributed by atoms with E-state index in [0.717, 1.165) is 11.1 Å². The molecule has 6 heteroatoms. The molecule has 0 aliphatic rings. The van der Waals surface area contributed by atoms with Crippen LogP contribution >= 0.6 is 15.9 Å². The fourth-order valence-electron chi connectivity index (χ4n) is 2.46. The third-order valence-corrected chi connectivity index (χ3v) is 4.35. The summed E-state index contributed by atoms with van der Waals surface area (Å²) in [6, 6.07) is 11.4. The lowest BCUT2D eigenvalue weighted by molar-refractivity contribution is -0.123. The Morgan fingerprint density at radius 2 is 2.00 bits per heavy atom. The lowest BCUT2D eigenvalue weighted by Crippen LogP contribution is -2.28. The fraction of sp³-hybridized carbons (Fsp3) is 0.300. The van der Waals surface area contributed by atoms with Crippen LogP contribution in [0, 0.1) is 25.2 Å². The summed E-state index contributed by atoms with van der Waals surface area (Å²) in [7, 11) is 0. The molecule has 0 saturated carbocycles. The first kappa shape index (κ1) is 19.8. The minimum Gasteiger partial charge on any atom is -0.490 e. The van der Waals surface area contributed by atoms with E-state index < -0.39 is 0 Å². The molecule has 1 amide bonds. The Hall–Kier alpha value is -2.52. The zero-order valence-electron chi connectivity index (χ0n) is 15.1. The molecule has 0 aliphatic carbocycles. The van der Waals surface area contributed by atoms with Crippen molar-refractivity contribution in [1.29, 1.82) is 5.26 Å². The number of benzene rings is 2. The average molecular weight is 417 g/mol. The third-order valence-electron chi connectivity index (χ3n) is 3.76. The smallest absolute Gasteiger partial charge is 0.258 e. The number of hydrogen-bond donors (Lipinski definition) is 1. The summed E-state index contributed by atoms with van der Waals surface area (Å²) in [5, 5.41) is 11.9. The summed E-state index contributed by atoms with van der Waals surface area (Å²) >= 11 is 3.36. The van der Waals surface area contributed by atoms with Crippen molar-refractivity contribution >= 4 is 21.8 Å². The molecule has 2 aromatic carbocycles. The van der Waals surface area contributed by atoms with Gasteiger partial charge in [-0.1, -0.05) is 23.8 Å². The monoisotopic (exact) mass is 416 g/mol. The van der Waals surface area contributed by atoms with E-state index in [-0.39, 0.29) is 12.5 Å². The van der Waals surface area contributed by atoms with Gasteiger partial charge in [0.1, 0.15) is 0 Å². The molecule has 2 rings (SSSR count). The summed E-state index contributed by atoms with van der Waals surface area (Å²) < 4.78 is 11.7. The van der Waals surface area contributed by atoms with Crippen LogP contribution in [0.1, 0.15) is 29.2 Å². The van der Waals surface area contributed by atoms with Crippen LogP contribution in [0.15, 0.2) is 34.8 Å². The van der Waals surface area contributed by atoms with Gasteiger partial charge in [-0.25, -0.2) is 0 Å².